The molecule has 1 aromatic rings. The Morgan fingerprint density at radius 2 is 1.81 bits per heavy atom. The maximum absolute atomic E-state index is 13.2. The van der Waals surface area contributed by atoms with Crippen LogP contribution in [-0.2, 0) is 19.6 Å². The van der Waals surface area contributed by atoms with Gasteiger partial charge in [0, 0.05) is 24.2 Å². The van der Waals surface area contributed by atoms with Crippen LogP contribution in [0, 0.1) is 0 Å². The molecule has 150 valence electrons. The molecule has 6 nitrogen and oxygen atoms in total. The molecular weight excluding hydrogens is 388 g/mol. The van der Waals surface area contributed by atoms with Crippen molar-refractivity contribution in [3.8, 4) is 0 Å². The summed E-state index contributed by atoms with van der Waals surface area (Å²) in [4.78, 5) is 12.7. The van der Waals surface area contributed by atoms with Crippen molar-refractivity contribution in [1.82, 2.24) is 9.62 Å². The van der Waals surface area contributed by atoms with Gasteiger partial charge in [0.2, 0.25) is 15.9 Å². The zero-order valence-corrected chi connectivity index (χ0v) is 17.0. The average molecular weight is 415 g/mol. The van der Waals surface area contributed by atoms with Gasteiger partial charge in [-0.2, -0.15) is 4.31 Å². The van der Waals surface area contributed by atoms with Gasteiger partial charge in [0.25, 0.3) is 0 Å². The fraction of sp³-hybridized carbons (Fsp3) is 0.632. The standard InChI is InChI=1S/C19H27ClN2O4S/c20-15-8-10-18(11-9-15)27(24,25)22(16-5-2-1-3-6-16)14-19(23)21-13-17-7-4-12-26-17/h8-11,16-17H,1-7,12-14H2,(H,21,23)/t17-/m0/s1. The van der Waals surface area contributed by atoms with Crippen molar-refractivity contribution in [3.63, 3.8) is 0 Å². The Hall–Kier alpha value is -1.15. The number of amides is 1. The second-order valence-corrected chi connectivity index (χ2v) is 9.56. The molecule has 1 aromatic carbocycles. The summed E-state index contributed by atoms with van der Waals surface area (Å²) in [6.45, 7) is 0.986. The van der Waals surface area contributed by atoms with Crippen molar-refractivity contribution < 1.29 is 17.9 Å². The largest absolute Gasteiger partial charge is 0.376 e. The van der Waals surface area contributed by atoms with E-state index in [4.69, 9.17) is 16.3 Å². The molecule has 2 fully saturated rings. The van der Waals surface area contributed by atoms with Gasteiger partial charge >= 0.3 is 0 Å². The van der Waals surface area contributed by atoms with Crippen LogP contribution in [-0.4, -0.2) is 50.5 Å². The molecule has 1 N–H and O–H groups in total. The number of carbonyl (C=O) groups excluding carboxylic acids is 1. The molecule has 0 unspecified atom stereocenters. The smallest absolute Gasteiger partial charge is 0.243 e. The lowest BCUT2D eigenvalue weighted by Crippen LogP contribution is -2.47. The number of ether oxygens (including phenoxy) is 1. The van der Waals surface area contributed by atoms with E-state index in [1.54, 1.807) is 12.1 Å². The summed E-state index contributed by atoms with van der Waals surface area (Å²) in [6, 6.07) is 5.97. The van der Waals surface area contributed by atoms with E-state index in [0.717, 1.165) is 51.6 Å². The minimum absolute atomic E-state index is 0.0324. The SMILES string of the molecule is O=C(CN(C1CCCCC1)S(=O)(=O)c1ccc(Cl)cc1)NC[C@@H]1CCCO1. The summed E-state index contributed by atoms with van der Waals surface area (Å²) in [7, 11) is -3.77. The summed E-state index contributed by atoms with van der Waals surface area (Å²) >= 11 is 5.89. The van der Waals surface area contributed by atoms with Crippen molar-refractivity contribution in [2.45, 2.75) is 62.0 Å². The second kappa shape index (κ2) is 9.37. The highest BCUT2D eigenvalue weighted by atomic mass is 35.5. The number of hydrogen-bond donors (Lipinski definition) is 1. The Labute approximate surface area is 166 Å². The van der Waals surface area contributed by atoms with Gasteiger partial charge in [0.15, 0.2) is 0 Å². The van der Waals surface area contributed by atoms with Crippen LogP contribution in [0.25, 0.3) is 0 Å². The van der Waals surface area contributed by atoms with Gasteiger partial charge in [-0.05, 0) is 49.9 Å². The van der Waals surface area contributed by atoms with Gasteiger partial charge in [-0.25, -0.2) is 8.42 Å². The Morgan fingerprint density at radius 3 is 2.44 bits per heavy atom. The van der Waals surface area contributed by atoms with E-state index < -0.39 is 10.0 Å². The van der Waals surface area contributed by atoms with Crippen molar-refractivity contribution in [2.24, 2.45) is 0 Å². The van der Waals surface area contributed by atoms with Crippen molar-refractivity contribution in [3.05, 3.63) is 29.3 Å². The molecule has 0 bridgehead atoms. The first-order chi connectivity index (χ1) is 13.0. The van der Waals surface area contributed by atoms with E-state index in [0.29, 0.717) is 11.6 Å². The lowest BCUT2D eigenvalue weighted by molar-refractivity contribution is -0.122. The van der Waals surface area contributed by atoms with Crippen molar-refractivity contribution in [2.75, 3.05) is 19.7 Å². The number of nitrogens with one attached hydrogen (secondary N) is 1. The summed E-state index contributed by atoms with van der Waals surface area (Å²) in [5.41, 5.74) is 0. The summed E-state index contributed by atoms with van der Waals surface area (Å²) in [5.74, 6) is -0.284. The van der Waals surface area contributed by atoms with Gasteiger partial charge in [0.1, 0.15) is 0 Å². The lowest BCUT2D eigenvalue weighted by atomic mass is 9.95. The molecule has 3 rings (SSSR count). The third-order valence-electron chi connectivity index (χ3n) is 5.25. The molecule has 27 heavy (non-hydrogen) atoms. The zero-order chi connectivity index (χ0) is 19.3. The number of benzene rings is 1. The molecule has 1 heterocycles. The number of rotatable bonds is 7. The first-order valence-electron chi connectivity index (χ1n) is 9.62. The first kappa shape index (κ1) is 20.6. The Bertz CT molecular complexity index is 727. The Morgan fingerprint density at radius 1 is 1.11 bits per heavy atom. The van der Waals surface area contributed by atoms with Crippen molar-refractivity contribution in [1.29, 1.82) is 0 Å². The van der Waals surface area contributed by atoms with Crippen LogP contribution in [0.4, 0.5) is 0 Å². The van der Waals surface area contributed by atoms with Crippen LogP contribution in [0.2, 0.25) is 5.02 Å². The lowest BCUT2D eigenvalue weighted by Gasteiger charge is -2.33. The number of sulfonamides is 1. The highest BCUT2D eigenvalue weighted by molar-refractivity contribution is 7.89. The summed E-state index contributed by atoms with van der Waals surface area (Å²) < 4.78 is 33.3. The van der Waals surface area contributed by atoms with Gasteiger partial charge in [-0.3, -0.25) is 4.79 Å². The predicted molar refractivity (Wildman–Crippen MR) is 104 cm³/mol. The van der Waals surface area contributed by atoms with E-state index in [9.17, 15) is 13.2 Å². The topological polar surface area (TPSA) is 75.7 Å². The Kier molecular flexibility index (Phi) is 7.14. The molecule has 1 atom stereocenters. The van der Waals surface area contributed by atoms with E-state index >= 15 is 0 Å². The molecule has 0 aromatic heterocycles. The number of carbonyl (C=O) groups is 1. The quantitative estimate of drug-likeness (QED) is 0.744. The number of nitrogens with zero attached hydrogens (tertiary/aromatic N) is 1. The molecule has 8 heteroatoms. The van der Waals surface area contributed by atoms with Crippen LogP contribution in [0.15, 0.2) is 29.2 Å². The zero-order valence-electron chi connectivity index (χ0n) is 15.4. The third kappa shape index (κ3) is 5.44. The molecule has 1 aliphatic heterocycles. The summed E-state index contributed by atoms with van der Waals surface area (Å²) in [5, 5.41) is 3.31. The predicted octanol–water partition coefficient (Wildman–Crippen LogP) is 2.96. The minimum atomic E-state index is -3.77. The maximum Gasteiger partial charge on any atom is 0.243 e. The maximum atomic E-state index is 13.2. The van der Waals surface area contributed by atoms with Crippen LogP contribution in [0.3, 0.4) is 0 Å². The number of halogens is 1. The monoisotopic (exact) mass is 414 g/mol. The molecule has 1 amide bonds. The molecule has 2 aliphatic rings. The highest BCUT2D eigenvalue weighted by Gasteiger charge is 2.34. The fourth-order valence-corrected chi connectivity index (χ4v) is 5.52. The minimum Gasteiger partial charge on any atom is -0.376 e. The summed E-state index contributed by atoms with van der Waals surface area (Å²) in [6.07, 6.45) is 6.60. The second-order valence-electron chi connectivity index (χ2n) is 7.24. The fourth-order valence-electron chi connectivity index (χ4n) is 3.75. The molecule has 0 radical (unpaired) electrons. The number of hydrogen-bond acceptors (Lipinski definition) is 4. The van der Waals surface area contributed by atoms with Gasteiger partial charge < -0.3 is 10.1 Å². The van der Waals surface area contributed by atoms with E-state index in [2.05, 4.69) is 5.32 Å². The average Bonchev–Trinajstić information content (AvgIpc) is 3.19. The van der Waals surface area contributed by atoms with E-state index in [1.807, 2.05) is 0 Å². The van der Waals surface area contributed by atoms with Gasteiger partial charge in [0.05, 0.1) is 17.5 Å². The van der Waals surface area contributed by atoms with E-state index in [1.165, 1.54) is 16.4 Å². The molecule has 1 saturated heterocycles. The van der Waals surface area contributed by atoms with Crippen LogP contribution in [0.1, 0.15) is 44.9 Å². The van der Waals surface area contributed by atoms with Crippen LogP contribution in [0.5, 0.6) is 0 Å². The molecular formula is C19H27ClN2O4S. The first-order valence-corrected chi connectivity index (χ1v) is 11.4. The van der Waals surface area contributed by atoms with Crippen LogP contribution >= 0.6 is 11.6 Å². The normalized spacial score (nSPS) is 21.5. The Balaban J connectivity index is 1.73. The van der Waals surface area contributed by atoms with Gasteiger partial charge in [-0.15, -0.1) is 0 Å². The van der Waals surface area contributed by atoms with Crippen molar-refractivity contribution >= 4 is 27.5 Å². The van der Waals surface area contributed by atoms with Gasteiger partial charge in [-0.1, -0.05) is 30.9 Å². The molecule has 0 spiro atoms. The van der Waals surface area contributed by atoms with Crippen LogP contribution < -0.4 is 5.32 Å². The van der Waals surface area contributed by atoms with E-state index in [-0.39, 0.29) is 29.5 Å². The highest BCUT2D eigenvalue weighted by Crippen LogP contribution is 2.28. The third-order valence-corrected chi connectivity index (χ3v) is 7.42. The molecule has 1 saturated carbocycles. The molecule has 1 aliphatic carbocycles.